The van der Waals surface area contributed by atoms with Gasteiger partial charge in [0.2, 0.25) is 0 Å². The fourth-order valence-electron chi connectivity index (χ4n) is 3.48. The highest BCUT2D eigenvalue weighted by atomic mass is 16.1. The molecule has 5 heteroatoms. The minimum atomic E-state index is 0.0230. The number of hydrogen-bond donors (Lipinski definition) is 1. The third-order valence-electron chi connectivity index (χ3n) is 4.74. The van der Waals surface area contributed by atoms with Gasteiger partial charge in [0, 0.05) is 44.1 Å². The van der Waals surface area contributed by atoms with Crippen molar-refractivity contribution >= 4 is 10.9 Å². The summed E-state index contributed by atoms with van der Waals surface area (Å²) in [6.07, 6.45) is 4.58. The summed E-state index contributed by atoms with van der Waals surface area (Å²) in [7, 11) is 0. The van der Waals surface area contributed by atoms with Gasteiger partial charge in [-0.15, -0.1) is 0 Å². The highest BCUT2D eigenvalue weighted by molar-refractivity contribution is 5.78. The van der Waals surface area contributed by atoms with Gasteiger partial charge in [-0.1, -0.05) is 25.1 Å². The van der Waals surface area contributed by atoms with Gasteiger partial charge in [-0.25, -0.2) is 4.98 Å². The summed E-state index contributed by atoms with van der Waals surface area (Å²) in [4.78, 5) is 26.8. The molecular weight excluding hydrogens is 312 g/mol. The van der Waals surface area contributed by atoms with E-state index in [-0.39, 0.29) is 5.56 Å². The maximum absolute atomic E-state index is 12.4. The van der Waals surface area contributed by atoms with Gasteiger partial charge in [-0.05, 0) is 24.1 Å². The third kappa shape index (κ3) is 3.33. The van der Waals surface area contributed by atoms with Gasteiger partial charge in [0.1, 0.15) is 5.82 Å². The van der Waals surface area contributed by atoms with Gasteiger partial charge in [-0.2, -0.15) is 0 Å². The zero-order valence-electron chi connectivity index (χ0n) is 14.5. The lowest BCUT2D eigenvalue weighted by molar-refractivity contribution is 0.241. The van der Waals surface area contributed by atoms with Gasteiger partial charge in [0.25, 0.3) is 5.56 Å². The number of nitrogens with one attached hydrogen (secondary N) is 1. The maximum atomic E-state index is 12.4. The number of hydrogen-bond acceptors (Lipinski definition) is 4. The molecular formula is C20H22N4O. The van der Waals surface area contributed by atoms with Gasteiger partial charge in [0.05, 0.1) is 16.8 Å². The molecule has 3 aromatic rings. The molecule has 5 nitrogen and oxygen atoms in total. The number of fused-ring (bicyclic) bond motifs is 2. The predicted molar refractivity (Wildman–Crippen MR) is 98.4 cm³/mol. The summed E-state index contributed by atoms with van der Waals surface area (Å²) in [5.41, 5.74) is 4.00. The number of benzene rings is 1. The second-order valence-corrected chi connectivity index (χ2v) is 6.68. The molecule has 0 aliphatic carbocycles. The number of aromatic amines is 1. The van der Waals surface area contributed by atoms with Crippen LogP contribution in [0, 0.1) is 0 Å². The monoisotopic (exact) mass is 334 g/mol. The normalized spacial score (nSPS) is 14.6. The summed E-state index contributed by atoms with van der Waals surface area (Å²) in [6.45, 7) is 4.46. The highest BCUT2D eigenvalue weighted by Gasteiger charge is 2.21. The van der Waals surface area contributed by atoms with E-state index in [4.69, 9.17) is 0 Å². The fraction of sp³-hybridized carbons (Fsp3) is 0.350. The SMILES string of the molecule is CCCc1nc2c(c(=O)[nH]1)CN(Cc1cnc3ccccc3c1)CC2. The van der Waals surface area contributed by atoms with E-state index in [1.807, 2.05) is 24.4 Å². The van der Waals surface area contributed by atoms with Crippen molar-refractivity contribution in [2.45, 2.75) is 39.3 Å². The molecule has 2 aromatic heterocycles. The van der Waals surface area contributed by atoms with Crippen LogP contribution in [0.25, 0.3) is 10.9 Å². The van der Waals surface area contributed by atoms with Crippen LogP contribution in [0.2, 0.25) is 0 Å². The lowest BCUT2D eigenvalue weighted by Crippen LogP contribution is -2.35. The quantitative estimate of drug-likeness (QED) is 0.797. The van der Waals surface area contributed by atoms with Crippen LogP contribution in [0.3, 0.4) is 0 Å². The first-order chi connectivity index (χ1) is 12.2. The molecule has 1 aromatic carbocycles. The van der Waals surface area contributed by atoms with Crippen LogP contribution in [0.5, 0.6) is 0 Å². The Morgan fingerprint density at radius 2 is 2.16 bits per heavy atom. The molecule has 0 saturated carbocycles. The van der Waals surface area contributed by atoms with E-state index in [1.165, 1.54) is 5.56 Å². The number of nitrogens with zero attached hydrogens (tertiary/aromatic N) is 3. The highest BCUT2D eigenvalue weighted by Crippen LogP contribution is 2.18. The molecule has 0 unspecified atom stereocenters. The second-order valence-electron chi connectivity index (χ2n) is 6.68. The first kappa shape index (κ1) is 16.0. The molecule has 0 saturated heterocycles. The van der Waals surface area contributed by atoms with Crippen LogP contribution >= 0.6 is 0 Å². The Bertz CT molecular complexity index is 963. The molecule has 25 heavy (non-hydrogen) atoms. The largest absolute Gasteiger partial charge is 0.310 e. The van der Waals surface area contributed by atoms with Crippen LogP contribution in [0.4, 0.5) is 0 Å². The number of aryl methyl sites for hydroxylation is 1. The number of aromatic nitrogens is 3. The number of rotatable bonds is 4. The van der Waals surface area contributed by atoms with E-state index in [1.54, 1.807) is 0 Å². The number of H-pyrrole nitrogens is 1. The Morgan fingerprint density at radius 3 is 3.04 bits per heavy atom. The van der Waals surface area contributed by atoms with Gasteiger partial charge in [-0.3, -0.25) is 14.7 Å². The molecule has 1 N–H and O–H groups in total. The average molecular weight is 334 g/mol. The molecule has 0 atom stereocenters. The smallest absolute Gasteiger partial charge is 0.255 e. The minimum Gasteiger partial charge on any atom is -0.310 e. The van der Waals surface area contributed by atoms with E-state index in [0.29, 0.717) is 6.54 Å². The third-order valence-corrected chi connectivity index (χ3v) is 4.74. The van der Waals surface area contributed by atoms with Crippen molar-refractivity contribution in [3.63, 3.8) is 0 Å². The summed E-state index contributed by atoms with van der Waals surface area (Å²) in [5, 5.41) is 1.15. The number of para-hydroxylation sites is 1. The van der Waals surface area contributed by atoms with E-state index in [9.17, 15) is 4.79 Å². The Hall–Kier alpha value is -2.53. The second kappa shape index (κ2) is 6.76. The first-order valence-electron chi connectivity index (χ1n) is 8.90. The molecule has 0 amide bonds. The molecule has 1 aliphatic heterocycles. The van der Waals surface area contributed by atoms with E-state index in [0.717, 1.165) is 60.3 Å². The van der Waals surface area contributed by atoms with Crippen LogP contribution in [0.15, 0.2) is 41.3 Å². The van der Waals surface area contributed by atoms with Crippen molar-refractivity contribution in [1.29, 1.82) is 0 Å². The predicted octanol–water partition coefficient (Wildman–Crippen LogP) is 2.83. The van der Waals surface area contributed by atoms with Crippen LogP contribution < -0.4 is 5.56 Å². The fourth-order valence-corrected chi connectivity index (χ4v) is 3.48. The Labute approximate surface area is 146 Å². The van der Waals surface area contributed by atoms with Crippen molar-refractivity contribution in [2.75, 3.05) is 6.54 Å². The van der Waals surface area contributed by atoms with Crippen molar-refractivity contribution in [1.82, 2.24) is 19.9 Å². The Balaban J connectivity index is 1.54. The molecule has 3 heterocycles. The molecule has 128 valence electrons. The standard InChI is InChI=1S/C20H22N4O/c1-2-5-19-22-18-8-9-24(13-16(18)20(25)23-19)12-14-10-15-6-3-4-7-17(15)21-11-14/h3-4,6-7,10-11H,2,5,8-9,12-13H2,1H3,(H,22,23,25). The number of pyridine rings is 1. The maximum Gasteiger partial charge on any atom is 0.255 e. The summed E-state index contributed by atoms with van der Waals surface area (Å²) in [5.74, 6) is 0.818. The molecule has 0 radical (unpaired) electrons. The zero-order valence-corrected chi connectivity index (χ0v) is 14.5. The van der Waals surface area contributed by atoms with Gasteiger partial charge < -0.3 is 4.98 Å². The molecule has 4 rings (SSSR count). The Kier molecular flexibility index (Phi) is 4.32. The Morgan fingerprint density at radius 1 is 1.28 bits per heavy atom. The van der Waals surface area contributed by atoms with Gasteiger partial charge in [0.15, 0.2) is 0 Å². The van der Waals surface area contributed by atoms with Crippen molar-refractivity contribution in [3.05, 3.63) is 69.5 Å². The topological polar surface area (TPSA) is 61.9 Å². The first-order valence-corrected chi connectivity index (χ1v) is 8.90. The van der Waals surface area contributed by atoms with Crippen LogP contribution in [0.1, 0.15) is 36.0 Å². The zero-order chi connectivity index (χ0) is 17.2. The molecule has 1 aliphatic rings. The van der Waals surface area contributed by atoms with Crippen LogP contribution in [-0.4, -0.2) is 26.4 Å². The van der Waals surface area contributed by atoms with E-state index >= 15 is 0 Å². The van der Waals surface area contributed by atoms with Gasteiger partial charge >= 0.3 is 0 Å². The molecule has 0 spiro atoms. The molecule has 0 bridgehead atoms. The van der Waals surface area contributed by atoms with Crippen LogP contribution in [-0.2, 0) is 25.9 Å². The summed E-state index contributed by atoms with van der Waals surface area (Å²) >= 11 is 0. The summed E-state index contributed by atoms with van der Waals surface area (Å²) < 4.78 is 0. The van der Waals surface area contributed by atoms with E-state index < -0.39 is 0 Å². The average Bonchev–Trinajstić information content (AvgIpc) is 2.62. The minimum absolute atomic E-state index is 0.0230. The van der Waals surface area contributed by atoms with Crippen molar-refractivity contribution in [3.8, 4) is 0 Å². The lowest BCUT2D eigenvalue weighted by Gasteiger charge is -2.27. The van der Waals surface area contributed by atoms with Crippen molar-refractivity contribution < 1.29 is 0 Å². The summed E-state index contributed by atoms with van der Waals surface area (Å²) in [6, 6.07) is 10.3. The van der Waals surface area contributed by atoms with E-state index in [2.05, 4.69) is 38.9 Å². The van der Waals surface area contributed by atoms with Crippen molar-refractivity contribution in [2.24, 2.45) is 0 Å². The lowest BCUT2D eigenvalue weighted by atomic mass is 10.1. The molecule has 0 fully saturated rings.